The Labute approximate surface area is 96.8 Å². The first-order chi connectivity index (χ1) is 7.34. The van der Waals surface area contributed by atoms with Gasteiger partial charge in [-0.15, -0.1) is 0 Å². The Morgan fingerprint density at radius 2 is 2.06 bits per heavy atom. The lowest BCUT2D eigenvalue weighted by molar-refractivity contribution is -0.166. The number of hydrogen-bond donors (Lipinski definition) is 0. The zero-order valence-electron chi connectivity index (χ0n) is 7.76. The third-order valence-electron chi connectivity index (χ3n) is 1.78. The Morgan fingerprint density at radius 1 is 1.44 bits per heavy atom. The van der Waals surface area contributed by atoms with Gasteiger partial charge in [0.15, 0.2) is 0 Å². The minimum Gasteiger partial charge on any atom is -0.292 e. The summed E-state index contributed by atoms with van der Waals surface area (Å²) in [4.78, 5) is 14.5. The largest absolute Gasteiger partial charge is 0.364 e. The maximum absolute atomic E-state index is 12.6. The molecule has 0 aliphatic carbocycles. The van der Waals surface area contributed by atoms with E-state index in [0.29, 0.717) is 4.47 Å². The van der Waals surface area contributed by atoms with Gasteiger partial charge in [0.05, 0.1) is 6.42 Å². The standard InChI is InChI=1S/C9H6BrF4NO/c10-5-1-2-6(15-4-5)3-7(16)9(13,14)8(11)12/h1-2,4,8H,3H2. The van der Waals surface area contributed by atoms with Gasteiger partial charge in [-0.1, -0.05) is 0 Å². The smallest absolute Gasteiger partial charge is 0.292 e. The Morgan fingerprint density at radius 3 is 2.50 bits per heavy atom. The second-order valence-electron chi connectivity index (χ2n) is 2.99. The summed E-state index contributed by atoms with van der Waals surface area (Å²) in [7, 11) is 0. The van der Waals surface area contributed by atoms with Crippen LogP contribution in [0.4, 0.5) is 17.6 Å². The fourth-order valence-corrected chi connectivity index (χ4v) is 1.15. The van der Waals surface area contributed by atoms with E-state index in [9.17, 15) is 22.4 Å². The number of carbonyl (C=O) groups is 1. The molecule has 0 aliphatic rings. The molecule has 1 aromatic heterocycles. The quantitative estimate of drug-likeness (QED) is 0.800. The summed E-state index contributed by atoms with van der Waals surface area (Å²) in [5.41, 5.74) is 0.0218. The molecule has 0 N–H and O–H groups in total. The molecule has 0 atom stereocenters. The fraction of sp³-hybridized carbons (Fsp3) is 0.333. The monoisotopic (exact) mass is 299 g/mol. The molecule has 88 valence electrons. The predicted molar refractivity (Wildman–Crippen MR) is 51.6 cm³/mol. The molecule has 1 heterocycles. The van der Waals surface area contributed by atoms with Crippen LogP contribution in [0.25, 0.3) is 0 Å². The van der Waals surface area contributed by atoms with Crippen molar-refractivity contribution in [1.29, 1.82) is 0 Å². The lowest BCUT2D eigenvalue weighted by Crippen LogP contribution is -2.37. The molecular weight excluding hydrogens is 294 g/mol. The molecule has 0 aliphatic heterocycles. The maximum atomic E-state index is 12.6. The molecule has 0 amide bonds. The molecule has 0 bridgehead atoms. The van der Waals surface area contributed by atoms with Gasteiger partial charge in [-0.3, -0.25) is 9.78 Å². The summed E-state index contributed by atoms with van der Waals surface area (Å²) in [5, 5.41) is 0. The van der Waals surface area contributed by atoms with Crippen LogP contribution in [-0.4, -0.2) is 23.1 Å². The van der Waals surface area contributed by atoms with E-state index in [-0.39, 0.29) is 5.69 Å². The highest BCUT2D eigenvalue weighted by molar-refractivity contribution is 9.10. The molecule has 0 aromatic carbocycles. The van der Waals surface area contributed by atoms with Crippen LogP contribution in [0.1, 0.15) is 5.69 Å². The normalized spacial score (nSPS) is 11.9. The number of Topliss-reactive ketones (excluding diaryl/α,β-unsaturated/α-hetero) is 1. The van der Waals surface area contributed by atoms with Gasteiger partial charge in [0.2, 0.25) is 5.78 Å². The van der Waals surface area contributed by atoms with Gasteiger partial charge >= 0.3 is 12.3 Å². The van der Waals surface area contributed by atoms with Crippen LogP contribution in [-0.2, 0) is 11.2 Å². The summed E-state index contributed by atoms with van der Waals surface area (Å²) in [5.74, 6) is -6.45. The van der Waals surface area contributed by atoms with E-state index in [1.807, 2.05) is 0 Å². The van der Waals surface area contributed by atoms with E-state index >= 15 is 0 Å². The van der Waals surface area contributed by atoms with Gasteiger partial charge < -0.3 is 0 Å². The van der Waals surface area contributed by atoms with Gasteiger partial charge in [-0.2, -0.15) is 8.78 Å². The van der Waals surface area contributed by atoms with E-state index in [4.69, 9.17) is 0 Å². The fourth-order valence-electron chi connectivity index (χ4n) is 0.915. The number of aromatic nitrogens is 1. The zero-order valence-corrected chi connectivity index (χ0v) is 9.35. The molecule has 2 nitrogen and oxygen atoms in total. The SMILES string of the molecule is O=C(Cc1ccc(Br)cn1)C(F)(F)C(F)F. The minimum atomic E-state index is -4.62. The Balaban J connectivity index is 2.75. The van der Waals surface area contributed by atoms with Crippen LogP contribution in [0.5, 0.6) is 0 Å². The number of nitrogens with zero attached hydrogens (tertiary/aromatic N) is 1. The van der Waals surface area contributed by atoms with Crippen LogP contribution in [0.3, 0.4) is 0 Å². The van der Waals surface area contributed by atoms with Gasteiger partial charge in [0, 0.05) is 16.4 Å². The van der Waals surface area contributed by atoms with Crippen molar-refractivity contribution in [3.05, 3.63) is 28.5 Å². The van der Waals surface area contributed by atoms with Crippen molar-refractivity contribution >= 4 is 21.7 Å². The number of carbonyl (C=O) groups excluding carboxylic acids is 1. The Bertz CT molecular complexity index is 380. The second kappa shape index (κ2) is 4.90. The molecule has 16 heavy (non-hydrogen) atoms. The number of ketones is 1. The highest BCUT2D eigenvalue weighted by atomic mass is 79.9. The highest BCUT2D eigenvalue weighted by Gasteiger charge is 2.48. The topological polar surface area (TPSA) is 30.0 Å². The molecule has 0 fully saturated rings. The number of pyridine rings is 1. The molecule has 0 radical (unpaired) electrons. The lowest BCUT2D eigenvalue weighted by Gasteiger charge is -2.13. The van der Waals surface area contributed by atoms with Crippen LogP contribution in [0.15, 0.2) is 22.8 Å². The second-order valence-corrected chi connectivity index (χ2v) is 3.91. The molecule has 1 aromatic rings. The number of halogens is 5. The van der Waals surface area contributed by atoms with Crippen molar-refractivity contribution in [3.63, 3.8) is 0 Å². The van der Waals surface area contributed by atoms with Crippen molar-refractivity contribution in [2.75, 3.05) is 0 Å². The van der Waals surface area contributed by atoms with Gasteiger partial charge in [0.25, 0.3) is 0 Å². The average Bonchev–Trinajstić information content (AvgIpc) is 2.21. The van der Waals surface area contributed by atoms with Gasteiger partial charge in [-0.05, 0) is 28.1 Å². The summed E-state index contributed by atoms with van der Waals surface area (Å²) in [6.07, 6.45) is -3.51. The molecule has 0 spiro atoms. The predicted octanol–water partition coefficient (Wildman–Crippen LogP) is 2.86. The van der Waals surface area contributed by atoms with Crippen molar-refractivity contribution in [2.24, 2.45) is 0 Å². The van der Waals surface area contributed by atoms with Gasteiger partial charge in [-0.25, -0.2) is 8.78 Å². The number of rotatable bonds is 4. The highest BCUT2D eigenvalue weighted by Crippen LogP contribution is 2.25. The lowest BCUT2D eigenvalue weighted by atomic mass is 10.1. The van der Waals surface area contributed by atoms with Crippen molar-refractivity contribution in [3.8, 4) is 0 Å². The van der Waals surface area contributed by atoms with Crippen LogP contribution in [0, 0.1) is 0 Å². The molecule has 0 saturated carbocycles. The summed E-state index contributed by atoms with van der Waals surface area (Å²) in [6, 6.07) is 2.79. The molecule has 7 heteroatoms. The first kappa shape index (κ1) is 13.1. The molecule has 0 unspecified atom stereocenters. The summed E-state index contributed by atoms with van der Waals surface area (Å²) < 4.78 is 49.4. The van der Waals surface area contributed by atoms with E-state index in [2.05, 4.69) is 20.9 Å². The Hall–Kier alpha value is -0.980. The van der Waals surface area contributed by atoms with Crippen LogP contribution >= 0.6 is 15.9 Å². The summed E-state index contributed by atoms with van der Waals surface area (Å²) >= 11 is 3.06. The maximum Gasteiger partial charge on any atom is 0.364 e. The third kappa shape index (κ3) is 3.01. The first-order valence-electron chi connectivity index (χ1n) is 4.13. The van der Waals surface area contributed by atoms with Crippen molar-refractivity contribution in [1.82, 2.24) is 4.98 Å². The van der Waals surface area contributed by atoms with E-state index in [1.165, 1.54) is 18.3 Å². The number of hydrogen-bond acceptors (Lipinski definition) is 2. The first-order valence-corrected chi connectivity index (χ1v) is 4.93. The zero-order chi connectivity index (χ0) is 12.3. The van der Waals surface area contributed by atoms with E-state index < -0.39 is 24.6 Å². The van der Waals surface area contributed by atoms with Crippen molar-refractivity contribution < 1.29 is 22.4 Å². The average molecular weight is 300 g/mol. The van der Waals surface area contributed by atoms with E-state index in [0.717, 1.165) is 0 Å². The Kier molecular flexibility index (Phi) is 4.01. The third-order valence-corrected chi connectivity index (χ3v) is 2.25. The van der Waals surface area contributed by atoms with Crippen LogP contribution in [0.2, 0.25) is 0 Å². The van der Waals surface area contributed by atoms with Crippen molar-refractivity contribution in [2.45, 2.75) is 18.8 Å². The van der Waals surface area contributed by atoms with Gasteiger partial charge in [0.1, 0.15) is 0 Å². The minimum absolute atomic E-state index is 0.0218. The van der Waals surface area contributed by atoms with E-state index in [1.54, 1.807) is 0 Å². The van der Waals surface area contributed by atoms with Crippen LogP contribution < -0.4 is 0 Å². The molecule has 0 saturated heterocycles. The molecule has 1 rings (SSSR count). The molecular formula is C9H6BrF4NO. The number of alkyl halides is 4. The summed E-state index contributed by atoms with van der Waals surface area (Å²) in [6.45, 7) is 0.